The number of oxime groups is 1. The molecule has 2 saturated carbocycles. The lowest BCUT2D eigenvalue weighted by atomic mass is 9.85. The maximum absolute atomic E-state index is 13.8. The van der Waals surface area contributed by atoms with Gasteiger partial charge in [0.1, 0.15) is 18.0 Å². The second-order valence-corrected chi connectivity index (χ2v) is 12.6. The van der Waals surface area contributed by atoms with Crippen LogP contribution in [0.15, 0.2) is 64.6 Å². The van der Waals surface area contributed by atoms with Gasteiger partial charge in [0, 0.05) is 29.3 Å². The molecular formula is C28H23ClF4N2O5S. The van der Waals surface area contributed by atoms with Gasteiger partial charge in [0.05, 0.1) is 21.4 Å². The van der Waals surface area contributed by atoms with Gasteiger partial charge in [-0.3, -0.25) is 4.79 Å². The Morgan fingerprint density at radius 1 is 1.10 bits per heavy atom. The minimum Gasteiger partial charge on any atom is -0.391 e. The zero-order valence-electron chi connectivity index (χ0n) is 21.2. The van der Waals surface area contributed by atoms with Crippen molar-refractivity contribution in [3.8, 4) is 0 Å². The maximum Gasteiger partial charge on any atom is 0.255 e. The van der Waals surface area contributed by atoms with Crippen molar-refractivity contribution in [2.24, 2.45) is 17.0 Å². The van der Waals surface area contributed by atoms with E-state index in [0.717, 1.165) is 6.07 Å². The number of rotatable bonds is 8. The molecule has 5 rings (SSSR count). The monoisotopic (exact) mass is 610 g/mol. The molecule has 216 valence electrons. The number of hydrogen-bond acceptors (Lipinski definition) is 6. The molecule has 2 unspecified atom stereocenters. The zero-order valence-corrected chi connectivity index (χ0v) is 22.7. The summed E-state index contributed by atoms with van der Waals surface area (Å²) in [4.78, 5) is 17.6. The van der Waals surface area contributed by atoms with Crippen molar-refractivity contribution in [1.29, 1.82) is 0 Å². The Bertz CT molecular complexity index is 1630. The van der Waals surface area contributed by atoms with E-state index < -0.39 is 61.7 Å². The lowest BCUT2D eigenvalue weighted by Gasteiger charge is -2.28. The number of carbonyl (C=O) groups excluding carboxylic acids is 1. The Morgan fingerprint density at radius 3 is 2.54 bits per heavy atom. The van der Waals surface area contributed by atoms with Crippen molar-refractivity contribution in [2.75, 3.05) is 5.32 Å². The van der Waals surface area contributed by atoms with Gasteiger partial charge >= 0.3 is 0 Å². The number of halogens is 5. The van der Waals surface area contributed by atoms with E-state index in [9.17, 15) is 35.9 Å². The van der Waals surface area contributed by atoms with Crippen LogP contribution in [0.25, 0.3) is 0 Å². The molecule has 1 amide bonds. The summed E-state index contributed by atoms with van der Waals surface area (Å²) in [6.45, 7) is -0.0537. The van der Waals surface area contributed by atoms with Crippen molar-refractivity contribution in [2.45, 2.75) is 41.6 Å². The number of carbonyl (C=O) groups is 1. The van der Waals surface area contributed by atoms with E-state index >= 15 is 0 Å². The van der Waals surface area contributed by atoms with Crippen LogP contribution >= 0.6 is 11.6 Å². The minimum absolute atomic E-state index is 0.0537. The first-order valence-electron chi connectivity index (χ1n) is 12.5. The molecule has 7 nitrogen and oxygen atoms in total. The van der Waals surface area contributed by atoms with Crippen molar-refractivity contribution < 1.29 is 40.7 Å². The number of hydrogen-bond donors (Lipinski definition) is 2. The molecule has 0 aromatic heterocycles. The van der Waals surface area contributed by atoms with Crippen molar-refractivity contribution in [3.05, 3.63) is 94.0 Å². The van der Waals surface area contributed by atoms with Gasteiger partial charge in [0.15, 0.2) is 27.3 Å². The first kappa shape index (κ1) is 29.0. The molecule has 13 heteroatoms. The first-order valence-corrected chi connectivity index (χ1v) is 14.4. The molecule has 2 N–H and O–H groups in total. The number of anilines is 1. The Morgan fingerprint density at radius 2 is 1.83 bits per heavy atom. The van der Waals surface area contributed by atoms with E-state index in [1.54, 1.807) is 6.07 Å². The fourth-order valence-electron chi connectivity index (χ4n) is 5.70. The summed E-state index contributed by atoms with van der Waals surface area (Å²) < 4.78 is 81.4. The van der Waals surface area contributed by atoms with Crippen LogP contribution in [0.5, 0.6) is 0 Å². The largest absolute Gasteiger partial charge is 0.391 e. The number of benzene rings is 3. The van der Waals surface area contributed by atoms with Crippen LogP contribution in [0.3, 0.4) is 0 Å². The number of nitrogens with zero attached hydrogens (tertiary/aromatic N) is 1. The highest BCUT2D eigenvalue weighted by Crippen LogP contribution is 2.54. The predicted octanol–water partition coefficient (Wildman–Crippen LogP) is 5.65. The number of amides is 1. The quantitative estimate of drug-likeness (QED) is 0.148. The topological polar surface area (TPSA) is 105 Å². The lowest BCUT2D eigenvalue weighted by molar-refractivity contribution is 0.0506. The van der Waals surface area contributed by atoms with E-state index in [4.69, 9.17) is 16.4 Å². The third kappa shape index (κ3) is 5.68. The molecule has 0 aliphatic heterocycles. The van der Waals surface area contributed by atoms with Crippen LogP contribution in [0, 0.1) is 35.1 Å². The van der Waals surface area contributed by atoms with Crippen LogP contribution < -0.4 is 5.32 Å². The highest BCUT2D eigenvalue weighted by Gasteiger charge is 2.61. The van der Waals surface area contributed by atoms with E-state index in [1.165, 1.54) is 36.5 Å². The predicted molar refractivity (Wildman–Crippen MR) is 142 cm³/mol. The van der Waals surface area contributed by atoms with Gasteiger partial charge in [-0.15, -0.1) is 0 Å². The molecule has 2 fully saturated rings. The van der Waals surface area contributed by atoms with Crippen molar-refractivity contribution in [3.63, 3.8) is 0 Å². The van der Waals surface area contributed by atoms with Crippen LogP contribution in [0.2, 0.25) is 5.02 Å². The third-order valence-electron chi connectivity index (χ3n) is 7.51. The SMILES string of the molecule is O=C(Nc1cc(F)c(F)c(F)c1)c1ccc(Cl)c(S(=O)(=O)[C@@H]2C3CCC2[C@@](O)(/C=N/OCc2cccc(F)c2)C3)c1. The number of fused-ring (bicyclic) bond motifs is 2. The van der Waals surface area contributed by atoms with Crippen LogP contribution in [0.4, 0.5) is 23.2 Å². The standard InChI is InChI=1S/C28H23ClF4N2O5S/c29-21-7-5-16(27(36)35-19-10-22(31)25(33)23(32)11-19)9-24(21)41(38,39)26-17-4-6-20(26)28(37,12-17)14-34-40-13-15-2-1-3-18(30)8-15/h1-3,5,7-11,14,17,20,26,37H,4,6,12-13H2,(H,35,36)/b34-14+/t17?,20?,26-,28+/m1/s1. The fraction of sp³-hybridized carbons (Fsp3) is 0.286. The van der Waals surface area contributed by atoms with Crippen LogP contribution in [0.1, 0.15) is 35.2 Å². The third-order valence-corrected chi connectivity index (χ3v) is 10.3. The Labute approximate surface area is 237 Å². The molecule has 3 aromatic carbocycles. The molecule has 41 heavy (non-hydrogen) atoms. The average molecular weight is 611 g/mol. The van der Waals surface area contributed by atoms with Gasteiger partial charge in [0.2, 0.25) is 0 Å². The van der Waals surface area contributed by atoms with Crippen LogP contribution in [-0.4, -0.2) is 36.5 Å². The van der Waals surface area contributed by atoms with Gasteiger partial charge in [-0.05, 0) is 61.1 Å². The summed E-state index contributed by atoms with van der Waals surface area (Å²) in [5.74, 6) is -7.22. The summed E-state index contributed by atoms with van der Waals surface area (Å²) in [5, 5.41) is 16.2. The van der Waals surface area contributed by atoms with Crippen molar-refractivity contribution >= 4 is 39.2 Å². The highest BCUT2D eigenvalue weighted by atomic mass is 35.5. The summed E-state index contributed by atoms with van der Waals surface area (Å²) in [7, 11) is -4.19. The average Bonchev–Trinajstić information content (AvgIpc) is 3.46. The molecule has 2 aliphatic rings. The first-order chi connectivity index (χ1) is 19.4. The van der Waals surface area contributed by atoms with Gasteiger partial charge in [-0.25, -0.2) is 26.0 Å². The maximum atomic E-state index is 13.8. The number of sulfone groups is 1. The molecular weight excluding hydrogens is 588 g/mol. The fourth-order valence-corrected chi connectivity index (χ4v) is 8.61. The molecule has 0 radical (unpaired) electrons. The smallest absolute Gasteiger partial charge is 0.255 e. The zero-order chi connectivity index (χ0) is 29.5. The van der Waals surface area contributed by atoms with Gasteiger partial charge in [-0.2, -0.15) is 0 Å². The highest BCUT2D eigenvalue weighted by molar-refractivity contribution is 7.92. The summed E-state index contributed by atoms with van der Waals surface area (Å²) in [6, 6.07) is 10.4. The normalized spacial score (nSPS) is 23.7. The second-order valence-electron chi connectivity index (χ2n) is 10.1. The summed E-state index contributed by atoms with van der Waals surface area (Å²) >= 11 is 6.25. The van der Waals surface area contributed by atoms with E-state index in [0.29, 0.717) is 30.5 Å². The molecule has 3 aromatic rings. The van der Waals surface area contributed by atoms with Gasteiger partial charge in [-0.1, -0.05) is 28.9 Å². The Kier molecular flexibility index (Phi) is 7.84. The van der Waals surface area contributed by atoms with E-state index in [1.807, 2.05) is 0 Å². The summed E-state index contributed by atoms with van der Waals surface area (Å²) in [6.07, 6.45) is 2.20. The Balaban J connectivity index is 1.34. The van der Waals surface area contributed by atoms with Crippen molar-refractivity contribution in [1.82, 2.24) is 0 Å². The summed E-state index contributed by atoms with van der Waals surface area (Å²) in [5.41, 5.74) is -1.61. The lowest BCUT2D eigenvalue weighted by Crippen LogP contribution is -2.40. The molecule has 0 saturated heterocycles. The minimum atomic E-state index is -4.19. The van der Waals surface area contributed by atoms with E-state index in [2.05, 4.69) is 10.5 Å². The molecule has 4 atom stereocenters. The molecule has 0 heterocycles. The second kappa shape index (κ2) is 11.1. The van der Waals surface area contributed by atoms with Gasteiger partial charge in [0.25, 0.3) is 5.91 Å². The molecule has 0 spiro atoms. The Hall–Kier alpha value is -3.48. The number of nitrogens with one attached hydrogen (secondary N) is 1. The molecule has 2 aliphatic carbocycles. The molecule has 2 bridgehead atoms. The van der Waals surface area contributed by atoms with Gasteiger partial charge < -0.3 is 15.3 Å². The number of aliphatic hydroxyl groups is 1. The van der Waals surface area contributed by atoms with Crippen LogP contribution in [-0.2, 0) is 21.3 Å². The van der Waals surface area contributed by atoms with E-state index in [-0.39, 0.29) is 34.2 Å².